The van der Waals surface area contributed by atoms with Crippen LogP contribution in [0.5, 0.6) is 5.75 Å². The van der Waals surface area contributed by atoms with Gasteiger partial charge in [-0.1, -0.05) is 59.6 Å². The second-order valence-corrected chi connectivity index (χ2v) is 21.8. The summed E-state index contributed by atoms with van der Waals surface area (Å²) in [5.74, 6) is 3.53. The van der Waals surface area contributed by atoms with Crippen LogP contribution < -0.4 is 0 Å². The first-order valence-corrected chi connectivity index (χ1v) is 22.3. The van der Waals surface area contributed by atoms with Crippen molar-refractivity contribution in [2.75, 3.05) is 33.7 Å². The molecule has 8 unspecified atom stereocenters. The Kier molecular flexibility index (Phi) is 13.2. The Hall–Kier alpha value is -2.93. The van der Waals surface area contributed by atoms with Crippen LogP contribution in [0.1, 0.15) is 150 Å². The number of hydrogen-bond acceptors (Lipinski definition) is 5. The second-order valence-electron chi connectivity index (χ2n) is 21.8. The molecule has 57 heavy (non-hydrogen) atoms. The highest BCUT2D eigenvalue weighted by molar-refractivity contribution is 6.00. The minimum absolute atomic E-state index is 0.0126. The van der Waals surface area contributed by atoms with Crippen LogP contribution in [0.15, 0.2) is 47.6 Å². The second kappa shape index (κ2) is 16.6. The lowest BCUT2D eigenvalue weighted by atomic mass is 9.36. The van der Waals surface area contributed by atoms with Crippen LogP contribution in [-0.2, 0) is 9.59 Å². The van der Waals surface area contributed by atoms with Crippen LogP contribution in [0.3, 0.4) is 0 Å². The molecule has 7 heteroatoms. The van der Waals surface area contributed by atoms with Crippen molar-refractivity contribution in [1.82, 2.24) is 9.80 Å². The van der Waals surface area contributed by atoms with Gasteiger partial charge in [0, 0.05) is 37.0 Å². The third-order valence-corrected chi connectivity index (χ3v) is 16.7. The molecule has 5 aliphatic rings. The Morgan fingerprint density at radius 2 is 1.53 bits per heavy atom. The molecule has 5 aliphatic carbocycles. The molecule has 1 aromatic rings. The SMILES string of the molecule is C=C(C)CC(C)(C)C(=O)O.CC(C)C1=C2C3CCC4C(C)(CCC5C(C)(C)C(C)CCC54C)C3CCC2(CCN(CCN(C)C)C(=O)c2ccc(O)cc2)CC1=O. The van der Waals surface area contributed by atoms with Gasteiger partial charge in [-0.3, -0.25) is 14.4 Å². The molecule has 0 aliphatic heterocycles. The number of rotatable bonds is 11. The van der Waals surface area contributed by atoms with Crippen molar-refractivity contribution in [3.63, 3.8) is 0 Å². The summed E-state index contributed by atoms with van der Waals surface area (Å²) in [4.78, 5) is 42.6. The topological polar surface area (TPSA) is 98.2 Å². The van der Waals surface area contributed by atoms with E-state index in [-0.39, 0.29) is 23.0 Å². The van der Waals surface area contributed by atoms with Crippen LogP contribution >= 0.6 is 0 Å². The van der Waals surface area contributed by atoms with Gasteiger partial charge in [0.1, 0.15) is 5.75 Å². The number of carbonyl (C=O) groups excluding carboxylic acids is 2. The van der Waals surface area contributed by atoms with Gasteiger partial charge < -0.3 is 20.0 Å². The van der Waals surface area contributed by atoms with Crippen molar-refractivity contribution in [3.05, 3.63) is 53.1 Å². The number of phenolic OH excluding ortho intramolecular Hbond substituents is 1. The third-order valence-electron chi connectivity index (χ3n) is 16.7. The van der Waals surface area contributed by atoms with Gasteiger partial charge in [-0.25, -0.2) is 0 Å². The van der Waals surface area contributed by atoms with Gasteiger partial charge in [-0.15, -0.1) is 6.58 Å². The number of carboxylic acid groups (broad SMARTS) is 1. The number of phenols is 1. The molecule has 8 atom stereocenters. The standard InChI is InChI=1S/C42H64N2O3.C8H14O2/c1-27(2)36-33(46)26-42(22-23-44(25-24-43(8)9)38(47)29-10-12-30(45)13-11-29)21-17-32-31(37(36)42)14-15-35-40(32,6)20-18-34-39(4,5)28(3)16-19-41(34,35)7;1-6(2)5-8(3,4)7(9)10/h10-13,27-28,31-32,34-35,45H,14-26H2,1-9H3;1,5H2,2-4H3,(H,9,10). The largest absolute Gasteiger partial charge is 0.508 e. The highest BCUT2D eigenvalue weighted by Gasteiger charge is 2.65. The Bertz CT molecular complexity index is 1700. The molecule has 1 aromatic carbocycles. The van der Waals surface area contributed by atoms with Crippen LogP contribution in [0, 0.1) is 62.6 Å². The molecule has 0 heterocycles. The van der Waals surface area contributed by atoms with E-state index in [0.29, 0.717) is 65.4 Å². The lowest BCUT2D eigenvalue weighted by Gasteiger charge is -2.69. The number of Topliss-reactive ketones (excluding diaryl/α,β-unsaturated/α-hetero) is 1. The predicted octanol–water partition coefficient (Wildman–Crippen LogP) is 11.1. The number of fused-ring (bicyclic) bond motifs is 7. The summed E-state index contributed by atoms with van der Waals surface area (Å²) in [7, 11) is 4.10. The lowest BCUT2D eigenvalue weighted by Crippen LogP contribution is -2.61. The molecule has 7 nitrogen and oxygen atoms in total. The number of nitrogens with zero attached hydrogens (tertiary/aromatic N) is 2. The summed E-state index contributed by atoms with van der Waals surface area (Å²) < 4.78 is 0. The Labute approximate surface area is 346 Å². The van der Waals surface area contributed by atoms with Crippen LogP contribution in [0.2, 0.25) is 0 Å². The predicted molar refractivity (Wildman–Crippen MR) is 232 cm³/mol. The van der Waals surface area contributed by atoms with Crippen LogP contribution in [0.25, 0.3) is 0 Å². The normalized spacial score (nSPS) is 33.1. The Morgan fingerprint density at radius 3 is 2.09 bits per heavy atom. The monoisotopic (exact) mass is 787 g/mol. The highest BCUT2D eigenvalue weighted by atomic mass is 16.4. The molecule has 0 radical (unpaired) electrons. The minimum Gasteiger partial charge on any atom is -0.508 e. The van der Waals surface area contributed by atoms with E-state index < -0.39 is 11.4 Å². The van der Waals surface area contributed by atoms with Crippen LogP contribution in [-0.4, -0.2) is 71.4 Å². The number of aromatic hydroxyl groups is 1. The number of likely N-dealkylation sites (N-methyl/N-ethyl adjacent to an activating group) is 1. The number of amides is 1. The van der Waals surface area contributed by atoms with Gasteiger partial charge in [0.25, 0.3) is 5.91 Å². The fraction of sp³-hybridized carbons (Fsp3) is 0.740. The number of benzene rings is 1. The van der Waals surface area contributed by atoms with E-state index in [1.165, 1.54) is 50.5 Å². The van der Waals surface area contributed by atoms with Gasteiger partial charge in [-0.05, 0) is 181 Å². The molecule has 4 fully saturated rings. The number of ketones is 1. The molecule has 318 valence electrons. The lowest BCUT2D eigenvalue weighted by molar-refractivity contribution is -0.189. The molecule has 4 saturated carbocycles. The zero-order chi connectivity index (χ0) is 42.5. The molecule has 0 spiro atoms. The van der Waals surface area contributed by atoms with E-state index in [1.807, 2.05) is 25.9 Å². The van der Waals surface area contributed by atoms with Crippen molar-refractivity contribution < 1.29 is 24.6 Å². The molecule has 0 bridgehead atoms. The summed E-state index contributed by atoms with van der Waals surface area (Å²) >= 11 is 0. The first-order chi connectivity index (χ1) is 26.4. The number of aliphatic carboxylic acids is 1. The van der Waals surface area contributed by atoms with Crippen molar-refractivity contribution in [1.29, 1.82) is 0 Å². The van der Waals surface area contributed by atoms with Gasteiger partial charge in [0.05, 0.1) is 5.41 Å². The quantitative estimate of drug-likeness (QED) is 0.217. The van der Waals surface area contributed by atoms with Crippen molar-refractivity contribution in [2.45, 2.75) is 140 Å². The maximum Gasteiger partial charge on any atom is 0.309 e. The first kappa shape index (κ1) is 45.2. The average molecular weight is 787 g/mol. The minimum atomic E-state index is -0.768. The summed E-state index contributed by atoms with van der Waals surface area (Å²) in [6.45, 7) is 28.5. The number of carbonyl (C=O) groups is 3. The third kappa shape index (κ3) is 8.57. The Morgan fingerprint density at radius 1 is 0.895 bits per heavy atom. The maximum absolute atomic E-state index is 14.0. The summed E-state index contributed by atoms with van der Waals surface area (Å²) in [6.07, 6.45) is 12.2. The molecule has 6 rings (SSSR count). The zero-order valence-electron chi connectivity index (χ0n) is 37.9. The summed E-state index contributed by atoms with van der Waals surface area (Å²) in [5.41, 5.74) is 4.54. The number of allylic oxidation sites excluding steroid dienone is 3. The van der Waals surface area contributed by atoms with Crippen molar-refractivity contribution in [3.8, 4) is 5.75 Å². The van der Waals surface area contributed by atoms with E-state index >= 15 is 0 Å². The molecule has 0 saturated heterocycles. The highest BCUT2D eigenvalue weighted by Crippen LogP contribution is 2.73. The van der Waals surface area contributed by atoms with E-state index in [1.54, 1.807) is 38.1 Å². The maximum atomic E-state index is 14.0. The summed E-state index contributed by atoms with van der Waals surface area (Å²) in [6, 6.07) is 6.66. The van der Waals surface area contributed by atoms with Crippen molar-refractivity contribution in [2.24, 2.45) is 62.6 Å². The van der Waals surface area contributed by atoms with E-state index in [0.717, 1.165) is 48.3 Å². The van der Waals surface area contributed by atoms with E-state index in [2.05, 4.69) is 59.9 Å². The molecule has 1 amide bonds. The van der Waals surface area contributed by atoms with Gasteiger partial charge in [0.2, 0.25) is 0 Å². The zero-order valence-corrected chi connectivity index (χ0v) is 37.9. The summed E-state index contributed by atoms with van der Waals surface area (Å²) in [5, 5.41) is 18.5. The number of hydrogen-bond donors (Lipinski definition) is 2. The average Bonchev–Trinajstić information content (AvgIpc) is 3.42. The fourth-order valence-corrected chi connectivity index (χ4v) is 13.5. The van der Waals surface area contributed by atoms with E-state index in [4.69, 9.17) is 5.11 Å². The molecule has 2 N–H and O–H groups in total. The fourth-order valence-electron chi connectivity index (χ4n) is 13.5. The Balaban J connectivity index is 0.000000548. The molecular weight excluding hydrogens is 709 g/mol. The number of carboxylic acids is 1. The van der Waals surface area contributed by atoms with Gasteiger partial charge in [-0.2, -0.15) is 0 Å². The van der Waals surface area contributed by atoms with Crippen molar-refractivity contribution >= 4 is 17.7 Å². The molecule has 0 aromatic heterocycles. The smallest absolute Gasteiger partial charge is 0.309 e. The first-order valence-electron chi connectivity index (χ1n) is 22.3. The molecular formula is C50H78N2O5. The van der Waals surface area contributed by atoms with Gasteiger partial charge >= 0.3 is 5.97 Å². The van der Waals surface area contributed by atoms with Crippen LogP contribution in [0.4, 0.5) is 0 Å². The van der Waals surface area contributed by atoms with Gasteiger partial charge in [0.15, 0.2) is 5.78 Å². The van der Waals surface area contributed by atoms with E-state index in [9.17, 15) is 19.5 Å².